The zero-order valence-electron chi connectivity index (χ0n) is 9.86. The van der Waals surface area contributed by atoms with Crippen molar-refractivity contribution in [2.24, 2.45) is 0 Å². The van der Waals surface area contributed by atoms with Crippen molar-refractivity contribution in [1.29, 1.82) is 5.26 Å². The van der Waals surface area contributed by atoms with Crippen molar-refractivity contribution in [2.75, 3.05) is 5.32 Å². The number of hydrogen-bond acceptors (Lipinski definition) is 3. The summed E-state index contributed by atoms with van der Waals surface area (Å²) >= 11 is 0. The third-order valence-corrected chi connectivity index (χ3v) is 3.11. The number of amides is 1. The number of rotatable bonds is 1. The molecule has 0 bridgehead atoms. The summed E-state index contributed by atoms with van der Waals surface area (Å²) in [7, 11) is 0. The topological polar surface area (TPSA) is 85.8 Å². The van der Waals surface area contributed by atoms with E-state index in [1.165, 1.54) is 6.20 Å². The molecule has 5 heteroatoms. The highest BCUT2D eigenvalue weighted by Crippen LogP contribution is 2.29. The van der Waals surface area contributed by atoms with Crippen LogP contribution < -0.4 is 10.9 Å². The van der Waals surface area contributed by atoms with Gasteiger partial charge in [-0.25, -0.2) is 0 Å². The number of nitriles is 1. The number of pyridine rings is 1. The largest absolute Gasteiger partial charge is 0.328 e. The molecule has 0 radical (unpaired) electrons. The molecule has 1 amide bonds. The van der Waals surface area contributed by atoms with E-state index < -0.39 is 5.56 Å². The Morgan fingerprint density at radius 2 is 2.05 bits per heavy atom. The van der Waals surface area contributed by atoms with Crippen molar-refractivity contribution in [2.45, 2.75) is 6.42 Å². The van der Waals surface area contributed by atoms with Gasteiger partial charge in [0, 0.05) is 17.4 Å². The Bertz CT molecular complexity index is 784. The molecule has 1 aliphatic heterocycles. The molecule has 0 unspecified atom stereocenters. The van der Waals surface area contributed by atoms with Gasteiger partial charge in [0.05, 0.1) is 6.42 Å². The molecule has 1 aromatic carbocycles. The van der Waals surface area contributed by atoms with E-state index in [9.17, 15) is 9.59 Å². The van der Waals surface area contributed by atoms with Crippen molar-refractivity contribution < 1.29 is 4.79 Å². The van der Waals surface area contributed by atoms with Crippen LogP contribution in [0.25, 0.3) is 11.1 Å². The van der Waals surface area contributed by atoms with Gasteiger partial charge in [-0.1, -0.05) is 6.07 Å². The Kier molecular flexibility index (Phi) is 2.43. The number of H-pyrrole nitrogens is 1. The fourth-order valence-corrected chi connectivity index (χ4v) is 2.23. The fourth-order valence-electron chi connectivity index (χ4n) is 2.23. The summed E-state index contributed by atoms with van der Waals surface area (Å²) < 4.78 is 0. The van der Waals surface area contributed by atoms with Crippen LogP contribution >= 0.6 is 0 Å². The highest BCUT2D eigenvalue weighted by Gasteiger charge is 2.18. The smallest absolute Gasteiger partial charge is 0.266 e. The fraction of sp³-hybridized carbons (Fsp3) is 0.0714. The lowest BCUT2D eigenvalue weighted by Gasteiger charge is -2.05. The van der Waals surface area contributed by atoms with Crippen LogP contribution in [0.2, 0.25) is 0 Å². The van der Waals surface area contributed by atoms with Crippen molar-refractivity contribution >= 4 is 11.6 Å². The molecule has 0 saturated carbocycles. The van der Waals surface area contributed by atoms with Crippen LogP contribution in [-0.4, -0.2) is 10.9 Å². The summed E-state index contributed by atoms with van der Waals surface area (Å²) in [6, 6.07) is 9.02. The van der Waals surface area contributed by atoms with Gasteiger partial charge >= 0.3 is 0 Å². The van der Waals surface area contributed by atoms with E-state index >= 15 is 0 Å². The Morgan fingerprint density at radius 3 is 2.84 bits per heavy atom. The summed E-state index contributed by atoms with van der Waals surface area (Å²) in [5, 5.41) is 11.8. The Labute approximate surface area is 108 Å². The average molecular weight is 251 g/mol. The lowest BCUT2D eigenvalue weighted by molar-refractivity contribution is -0.115. The second kappa shape index (κ2) is 4.10. The highest BCUT2D eigenvalue weighted by atomic mass is 16.1. The molecular weight excluding hydrogens is 242 g/mol. The monoisotopic (exact) mass is 251 g/mol. The predicted octanol–water partition coefficient (Wildman–Crippen LogP) is 1.41. The lowest BCUT2D eigenvalue weighted by Crippen LogP contribution is -2.10. The van der Waals surface area contributed by atoms with Gasteiger partial charge in [-0.05, 0) is 29.3 Å². The Morgan fingerprint density at radius 1 is 1.21 bits per heavy atom. The van der Waals surface area contributed by atoms with E-state index in [1.807, 2.05) is 12.1 Å². The Balaban J connectivity index is 2.18. The maximum Gasteiger partial charge on any atom is 0.266 e. The molecule has 0 spiro atoms. The molecule has 0 fully saturated rings. The third-order valence-electron chi connectivity index (χ3n) is 3.11. The molecule has 92 valence electrons. The average Bonchev–Trinajstić information content (AvgIpc) is 2.77. The molecule has 2 N–H and O–H groups in total. The lowest BCUT2D eigenvalue weighted by atomic mass is 9.99. The van der Waals surface area contributed by atoms with Crippen LogP contribution in [-0.2, 0) is 11.2 Å². The summed E-state index contributed by atoms with van der Waals surface area (Å²) in [5.74, 6) is -0.0430. The standard InChI is InChI=1S/C14H9N3O2/c15-7-11-10(3-4-16-14(11)19)8-1-2-12-9(5-8)6-13(18)17-12/h1-5H,6H2,(H,16,19)(H,17,18). The zero-order chi connectivity index (χ0) is 13.4. The van der Waals surface area contributed by atoms with Crippen LogP contribution in [0.3, 0.4) is 0 Å². The molecule has 0 atom stereocenters. The minimum Gasteiger partial charge on any atom is -0.328 e. The first-order valence-corrected chi connectivity index (χ1v) is 5.74. The van der Waals surface area contributed by atoms with E-state index in [0.717, 1.165) is 16.8 Å². The second-order valence-corrected chi connectivity index (χ2v) is 4.30. The quantitative estimate of drug-likeness (QED) is 0.803. The van der Waals surface area contributed by atoms with E-state index in [1.54, 1.807) is 18.2 Å². The molecule has 3 rings (SSSR count). The summed E-state index contributed by atoms with van der Waals surface area (Å²) in [6.45, 7) is 0. The summed E-state index contributed by atoms with van der Waals surface area (Å²) in [6.07, 6.45) is 1.84. The molecular formula is C14H9N3O2. The number of nitrogens with one attached hydrogen (secondary N) is 2. The number of carbonyl (C=O) groups excluding carboxylic acids is 1. The van der Waals surface area contributed by atoms with E-state index in [0.29, 0.717) is 12.0 Å². The predicted molar refractivity (Wildman–Crippen MR) is 69.5 cm³/mol. The van der Waals surface area contributed by atoms with Crippen LogP contribution in [0.1, 0.15) is 11.1 Å². The second-order valence-electron chi connectivity index (χ2n) is 4.30. The molecule has 2 heterocycles. The number of benzene rings is 1. The van der Waals surface area contributed by atoms with Gasteiger partial charge in [0.25, 0.3) is 5.56 Å². The molecule has 5 nitrogen and oxygen atoms in total. The van der Waals surface area contributed by atoms with Crippen LogP contribution in [0.4, 0.5) is 5.69 Å². The maximum atomic E-state index is 11.6. The minimum absolute atomic E-state index is 0.0430. The number of nitrogens with zero attached hydrogens (tertiary/aromatic N) is 1. The first-order chi connectivity index (χ1) is 9.19. The summed E-state index contributed by atoms with van der Waals surface area (Å²) in [4.78, 5) is 25.4. The first kappa shape index (κ1) is 11.2. The third kappa shape index (κ3) is 1.79. The van der Waals surface area contributed by atoms with Gasteiger partial charge in [-0.3, -0.25) is 9.59 Å². The zero-order valence-corrected chi connectivity index (χ0v) is 9.86. The van der Waals surface area contributed by atoms with Crippen LogP contribution in [0.5, 0.6) is 0 Å². The van der Waals surface area contributed by atoms with E-state index in [-0.39, 0.29) is 11.5 Å². The van der Waals surface area contributed by atoms with Crippen LogP contribution in [0, 0.1) is 11.3 Å². The van der Waals surface area contributed by atoms with Gasteiger partial charge in [-0.2, -0.15) is 5.26 Å². The summed E-state index contributed by atoms with van der Waals surface area (Å²) in [5.41, 5.74) is 2.68. The van der Waals surface area contributed by atoms with Gasteiger partial charge < -0.3 is 10.3 Å². The van der Waals surface area contributed by atoms with Crippen molar-refractivity contribution in [3.8, 4) is 17.2 Å². The molecule has 0 saturated heterocycles. The molecule has 19 heavy (non-hydrogen) atoms. The SMILES string of the molecule is N#Cc1c(-c2ccc3c(c2)CC(=O)N3)cc[nH]c1=O. The number of aromatic nitrogens is 1. The van der Waals surface area contributed by atoms with Crippen molar-refractivity contribution in [3.63, 3.8) is 0 Å². The molecule has 2 aromatic rings. The van der Waals surface area contributed by atoms with Gasteiger partial charge in [0.2, 0.25) is 5.91 Å². The number of carbonyl (C=O) groups is 1. The Hall–Kier alpha value is -2.87. The number of hydrogen-bond donors (Lipinski definition) is 2. The van der Waals surface area contributed by atoms with Crippen LogP contribution in [0.15, 0.2) is 35.3 Å². The molecule has 1 aliphatic rings. The van der Waals surface area contributed by atoms with Crippen molar-refractivity contribution in [1.82, 2.24) is 4.98 Å². The first-order valence-electron chi connectivity index (χ1n) is 5.74. The maximum absolute atomic E-state index is 11.6. The number of fused-ring (bicyclic) bond motifs is 1. The van der Waals surface area contributed by atoms with Gasteiger partial charge in [0.1, 0.15) is 11.6 Å². The van der Waals surface area contributed by atoms with Gasteiger partial charge in [0.15, 0.2) is 0 Å². The normalized spacial score (nSPS) is 12.7. The molecule has 1 aromatic heterocycles. The number of aromatic amines is 1. The molecule has 0 aliphatic carbocycles. The number of anilines is 1. The highest BCUT2D eigenvalue weighted by molar-refractivity contribution is 5.99. The minimum atomic E-state index is -0.408. The van der Waals surface area contributed by atoms with Gasteiger partial charge in [-0.15, -0.1) is 0 Å². The van der Waals surface area contributed by atoms with E-state index in [2.05, 4.69) is 10.3 Å². The van der Waals surface area contributed by atoms with E-state index in [4.69, 9.17) is 5.26 Å². The van der Waals surface area contributed by atoms with Crippen molar-refractivity contribution in [3.05, 3.63) is 51.9 Å².